The summed E-state index contributed by atoms with van der Waals surface area (Å²) in [5, 5.41) is 21.9. The molecule has 4 rings (SSSR count). The highest BCUT2D eigenvalue weighted by molar-refractivity contribution is 5.64. The quantitative estimate of drug-likeness (QED) is 0.577. The van der Waals surface area contributed by atoms with E-state index in [9.17, 15) is 15.0 Å². The molecule has 3 heteroatoms. The molecule has 2 N–H and O–H groups in total. The van der Waals surface area contributed by atoms with Crippen molar-refractivity contribution in [2.24, 2.45) is 34.0 Å². The number of carbonyl (C=O) groups excluding carboxylic acids is 1. The number of aliphatic hydroxyl groups is 2. The van der Waals surface area contributed by atoms with Gasteiger partial charge in [0.2, 0.25) is 0 Å². The van der Waals surface area contributed by atoms with E-state index in [1.54, 1.807) is 0 Å². The molecule has 7 atom stereocenters. The molecule has 0 aromatic carbocycles. The van der Waals surface area contributed by atoms with E-state index < -0.39 is 17.6 Å². The summed E-state index contributed by atoms with van der Waals surface area (Å²) in [5.41, 5.74) is 0.179. The smallest absolute Gasteiger partial charge is 0.129 e. The van der Waals surface area contributed by atoms with Crippen molar-refractivity contribution in [1.82, 2.24) is 0 Å². The maximum absolute atomic E-state index is 12.5. The first kappa shape index (κ1) is 15.8. The minimum Gasteiger partial charge on any atom is -0.392 e. The lowest BCUT2D eigenvalue weighted by molar-refractivity contribution is -0.210. The van der Waals surface area contributed by atoms with Gasteiger partial charge in [-0.05, 0) is 73.7 Å². The van der Waals surface area contributed by atoms with E-state index >= 15 is 0 Å². The van der Waals surface area contributed by atoms with E-state index in [1.165, 1.54) is 0 Å². The Balaban J connectivity index is 1.86. The number of carbonyl (C=O) groups is 1. The van der Waals surface area contributed by atoms with Crippen molar-refractivity contribution in [2.45, 2.75) is 71.0 Å². The van der Waals surface area contributed by atoms with Crippen LogP contribution < -0.4 is 0 Å². The molecule has 128 valence electrons. The van der Waals surface area contributed by atoms with Gasteiger partial charge in [-0.3, -0.25) is 0 Å². The van der Waals surface area contributed by atoms with E-state index in [2.05, 4.69) is 20.4 Å². The molecule has 0 radical (unpaired) electrons. The normalized spacial score (nSPS) is 54.3. The Morgan fingerprint density at radius 1 is 1.09 bits per heavy atom. The first-order chi connectivity index (χ1) is 10.8. The van der Waals surface area contributed by atoms with Crippen molar-refractivity contribution in [3.05, 3.63) is 12.2 Å². The average Bonchev–Trinajstić information content (AvgIpc) is 2.71. The summed E-state index contributed by atoms with van der Waals surface area (Å²) < 4.78 is 0. The van der Waals surface area contributed by atoms with Crippen LogP contribution in [0.5, 0.6) is 0 Å². The van der Waals surface area contributed by atoms with E-state index in [-0.39, 0.29) is 22.7 Å². The Morgan fingerprint density at radius 2 is 1.83 bits per heavy atom. The van der Waals surface area contributed by atoms with Gasteiger partial charge in [-0.1, -0.05) is 20.4 Å². The molecule has 4 aliphatic carbocycles. The topological polar surface area (TPSA) is 57.5 Å². The van der Waals surface area contributed by atoms with Gasteiger partial charge in [0.15, 0.2) is 0 Å². The van der Waals surface area contributed by atoms with Gasteiger partial charge in [0.05, 0.1) is 17.6 Å². The molecule has 23 heavy (non-hydrogen) atoms. The molecule has 0 saturated heterocycles. The molecule has 0 unspecified atom stereocenters. The molecule has 0 aliphatic heterocycles. The Labute approximate surface area is 139 Å². The molecule has 2 bridgehead atoms. The lowest BCUT2D eigenvalue weighted by Gasteiger charge is -2.64. The van der Waals surface area contributed by atoms with Gasteiger partial charge in [0, 0.05) is 5.41 Å². The van der Waals surface area contributed by atoms with Crippen LogP contribution in [-0.2, 0) is 4.79 Å². The zero-order valence-electron chi connectivity index (χ0n) is 14.4. The van der Waals surface area contributed by atoms with Gasteiger partial charge >= 0.3 is 0 Å². The second-order valence-electron chi connectivity index (χ2n) is 9.49. The van der Waals surface area contributed by atoms with Gasteiger partial charge in [-0.2, -0.15) is 0 Å². The second kappa shape index (κ2) is 4.70. The van der Waals surface area contributed by atoms with Crippen LogP contribution in [0.3, 0.4) is 0 Å². The number of hydrogen-bond acceptors (Lipinski definition) is 3. The summed E-state index contributed by atoms with van der Waals surface area (Å²) >= 11 is 0. The fourth-order valence-corrected chi connectivity index (χ4v) is 7.34. The third kappa shape index (κ3) is 1.71. The first-order valence-corrected chi connectivity index (χ1v) is 9.31. The number of aldehydes is 1. The molecule has 0 aromatic heterocycles. The van der Waals surface area contributed by atoms with Crippen molar-refractivity contribution in [3.8, 4) is 0 Å². The SMILES string of the molecule is C=C1[C@@H]2CC[C@@H]3[C@@](CC[C@@H]4C(C)(C)CC[C@H](O)[C@]43C=O)(C2)[C@H]1O. The monoisotopic (exact) mass is 318 g/mol. The number of hydrogen-bond donors (Lipinski definition) is 2. The van der Waals surface area contributed by atoms with Crippen LogP contribution in [0.15, 0.2) is 12.2 Å². The maximum Gasteiger partial charge on any atom is 0.129 e. The summed E-state index contributed by atoms with van der Waals surface area (Å²) in [4.78, 5) is 12.5. The van der Waals surface area contributed by atoms with E-state index in [0.29, 0.717) is 12.3 Å². The molecule has 3 nitrogen and oxygen atoms in total. The zero-order valence-corrected chi connectivity index (χ0v) is 14.4. The molecule has 1 spiro atoms. The Hall–Kier alpha value is -0.670. The maximum atomic E-state index is 12.5. The molecular weight excluding hydrogens is 288 g/mol. The Bertz CT molecular complexity index is 553. The third-order valence-corrected chi connectivity index (χ3v) is 8.44. The highest BCUT2D eigenvalue weighted by atomic mass is 16.3. The summed E-state index contributed by atoms with van der Waals surface area (Å²) in [6.07, 6.45) is 6.58. The van der Waals surface area contributed by atoms with Gasteiger partial charge in [0.1, 0.15) is 6.29 Å². The van der Waals surface area contributed by atoms with Gasteiger partial charge in [0.25, 0.3) is 0 Å². The highest BCUT2D eigenvalue weighted by Gasteiger charge is 2.70. The lowest BCUT2D eigenvalue weighted by Crippen LogP contribution is -2.65. The Morgan fingerprint density at radius 3 is 2.52 bits per heavy atom. The van der Waals surface area contributed by atoms with E-state index in [1.807, 2.05) is 0 Å². The molecule has 4 fully saturated rings. The van der Waals surface area contributed by atoms with E-state index in [4.69, 9.17) is 0 Å². The van der Waals surface area contributed by atoms with Crippen molar-refractivity contribution in [2.75, 3.05) is 0 Å². The van der Waals surface area contributed by atoms with Crippen molar-refractivity contribution in [3.63, 3.8) is 0 Å². The average molecular weight is 318 g/mol. The number of aliphatic hydroxyl groups excluding tert-OH is 2. The largest absolute Gasteiger partial charge is 0.392 e. The van der Waals surface area contributed by atoms with Crippen LogP contribution >= 0.6 is 0 Å². The third-order valence-electron chi connectivity index (χ3n) is 8.44. The molecule has 4 aliphatic rings. The number of fused-ring (bicyclic) bond motifs is 3. The minimum absolute atomic E-state index is 0.0825. The number of rotatable bonds is 1. The van der Waals surface area contributed by atoms with Crippen molar-refractivity contribution < 1.29 is 15.0 Å². The fraction of sp³-hybridized carbons (Fsp3) is 0.850. The zero-order chi connectivity index (χ0) is 16.6. The molecule has 4 saturated carbocycles. The molecule has 0 heterocycles. The summed E-state index contributed by atoms with van der Waals surface area (Å²) in [6, 6.07) is 0. The molecule has 0 amide bonds. The van der Waals surface area contributed by atoms with Crippen LogP contribution in [-0.4, -0.2) is 28.7 Å². The highest BCUT2D eigenvalue weighted by Crippen LogP contribution is 2.71. The van der Waals surface area contributed by atoms with Crippen LogP contribution in [0.4, 0.5) is 0 Å². The van der Waals surface area contributed by atoms with Crippen LogP contribution in [0.1, 0.15) is 58.8 Å². The van der Waals surface area contributed by atoms with Gasteiger partial charge in [-0.15, -0.1) is 0 Å². The summed E-state index contributed by atoms with van der Waals surface area (Å²) in [7, 11) is 0. The standard InChI is InChI=1S/C20H30O3/c1-12-13-4-5-15-19(10-13,17(12)23)9-6-14-18(2,3)8-7-16(22)20(14,15)11-21/h11,13-17,22-23H,1,4-10H2,2-3H3/t13-,14-,15-,16+,17+,19-,20-/m1/s1. The summed E-state index contributed by atoms with van der Waals surface area (Å²) in [6.45, 7) is 8.68. The second-order valence-corrected chi connectivity index (χ2v) is 9.49. The lowest BCUT2D eigenvalue weighted by atomic mass is 9.40. The predicted octanol–water partition coefficient (Wildman–Crippen LogP) is 3.10. The fourth-order valence-electron chi connectivity index (χ4n) is 7.34. The van der Waals surface area contributed by atoms with Gasteiger partial charge < -0.3 is 15.0 Å². The predicted molar refractivity (Wildman–Crippen MR) is 88.7 cm³/mol. The minimum atomic E-state index is -0.670. The van der Waals surface area contributed by atoms with Crippen LogP contribution in [0.2, 0.25) is 0 Å². The first-order valence-electron chi connectivity index (χ1n) is 9.31. The Kier molecular flexibility index (Phi) is 3.23. The van der Waals surface area contributed by atoms with Crippen molar-refractivity contribution in [1.29, 1.82) is 0 Å². The molecular formula is C20H30O3. The van der Waals surface area contributed by atoms with E-state index in [0.717, 1.165) is 50.4 Å². The summed E-state index contributed by atoms with van der Waals surface area (Å²) in [5.74, 6) is 0.742. The van der Waals surface area contributed by atoms with Crippen LogP contribution in [0.25, 0.3) is 0 Å². The molecule has 0 aromatic rings. The van der Waals surface area contributed by atoms with Gasteiger partial charge in [-0.25, -0.2) is 0 Å². The van der Waals surface area contributed by atoms with Crippen LogP contribution in [0, 0.1) is 34.0 Å². The van der Waals surface area contributed by atoms with Crippen molar-refractivity contribution >= 4 is 6.29 Å².